The Bertz CT molecular complexity index is 355. The summed E-state index contributed by atoms with van der Waals surface area (Å²) >= 11 is 0. The topological polar surface area (TPSA) is 85.2 Å². The highest BCUT2D eigenvalue weighted by Gasteiger charge is 2.36. The van der Waals surface area contributed by atoms with Gasteiger partial charge in [-0.25, -0.2) is 0 Å². The maximum absolute atomic E-state index is 10.5. The molecular weight excluding hydrogens is 190 g/mol. The maximum atomic E-state index is 10.5. The fraction of sp³-hybridized carbons (Fsp3) is 0.545. The number of hydrogen-bond acceptors (Lipinski definition) is 4. The summed E-state index contributed by atoms with van der Waals surface area (Å²) in [7, 11) is 0. The number of nitrogens with zero attached hydrogens (tertiary/aromatic N) is 1. The average molecular weight is 207 g/mol. The first-order valence-corrected chi connectivity index (χ1v) is 5.30. The molecule has 0 spiro atoms. The largest absolute Gasteiger partial charge is 0.398 e. The fourth-order valence-electron chi connectivity index (χ4n) is 2.33. The van der Waals surface area contributed by atoms with E-state index in [9.17, 15) is 5.11 Å². The van der Waals surface area contributed by atoms with Gasteiger partial charge in [0.15, 0.2) is 0 Å². The highest BCUT2D eigenvalue weighted by Crippen LogP contribution is 2.38. The van der Waals surface area contributed by atoms with Crippen molar-refractivity contribution in [1.82, 2.24) is 4.98 Å². The summed E-state index contributed by atoms with van der Waals surface area (Å²) in [5.41, 5.74) is 12.2. The minimum Gasteiger partial charge on any atom is -0.398 e. The van der Waals surface area contributed by atoms with Gasteiger partial charge in [0.05, 0.1) is 5.60 Å². The Kier molecular flexibility index (Phi) is 2.63. The molecule has 2 atom stereocenters. The number of pyridine rings is 1. The van der Waals surface area contributed by atoms with Crippen molar-refractivity contribution in [1.29, 1.82) is 0 Å². The molecule has 1 saturated carbocycles. The van der Waals surface area contributed by atoms with Gasteiger partial charge in [0, 0.05) is 29.7 Å². The van der Waals surface area contributed by atoms with E-state index in [-0.39, 0.29) is 6.04 Å². The smallest absolute Gasteiger partial charge is 0.0946 e. The van der Waals surface area contributed by atoms with Gasteiger partial charge in [-0.1, -0.05) is 0 Å². The summed E-state index contributed by atoms with van der Waals surface area (Å²) in [6.07, 6.45) is 6.48. The first-order valence-electron chi connectivity index (χ1n) is 5.30. The van der Waals surface area contributed by atoms with Crippen molar-refractivity contribution < 1.29 is 5.11 Å². The van der Waals surface area contributed by atoms with Crippen molar-refractivity contribution in [3.63, 3.8) is 0 Å². The van der Waals surface area contributed by atoms with Gasteiger partial charge in [-0.3, -0.25) is 4.98 Å². The number of hydrogen-bond donors (Lipinski definition) is 3. The van der Waals surface area contributed by atoms with E-state index < -0.39 is 5.60 Å². The molecule has 2 rings (SSSR count). The predicted octanol–water partition coefficient (Wildman–Crippen LogP) is 0.753. The van der Waals surface area contributed by atoms with Crippen LogP contribution in [0.25, 0.3) is 0 Å². The Morgan fingerprint density at radius 3 is 3.00 bits per heavy atom. The van der Waals surface area contributed by atoms with Gasteiger partial charge in [0.2, 0.25) is 0 Å². The van der Waals surface area contributed by atoms with Crippen LogP contribution in [0.15, 0.2) is 18.5 Å². The molecule has 5 N–H and O–H groups in total. The minimum absolute atomic E-state index is 0.0587. The molecule has 1 aromatic rings. The Morgan fingerprint density at radius 2 is 2.33 bits per heavy atom. The van der Waals surface area contributed by atoms with Crippen molar-refractivity contribution in [3.8, 4) is 0 Å². The van der Waals surface area contributed by atoms with Gasteiger partial charge in [-0.2, -0.15) is 0 Å². The predicted molar refractivity (Wildman–Crippen MR) is 59.0 cm³/mol. The summed E-state index contributed by atoms with van der Waals surface area (Å²) in [6, 6.07) is 1.77. The Balaban J connectivity index is 2.32. The van der Waals surface area contributed by atoms with E-state index in [1.807, 2.05) is 0 Å². The molecule has 0 aromatic carbocycles. The Morgan fingerprint density at radius 1 is 1.53 bits per heavy atom. The lowest BCUT2D eigenvalue weighted by Crippen LogP contribution is -2.39. The molecule has 0 radical (unpaired) electrons. The van der Waals surface area contributed by atoms with E-state index in [0.717, 1.165) is 24.8 Å². The number of nitrogens with two attached hydrogens (primary N) is 2. The lowest BCUT2D eigenvalue weighted by atomic mass is 9.77. The highest BCUT2D eigenvalue weighted by molar-refractivity contribution is 5.48. The van der Waals surface area contributed by atoms with Crippen molar-refractivity contribution in [3.05, 3.63) is 24.0 Å². The van der Waals surface area contributed by atoms with E-state index >= 15 is 0 Å². The normalized spacial score (nSPS) is 31.5. The lowest BCUT2D eigenvalue weighted by Gasteiger charge is -2.36. The van der Waals surface area contributed by atoms with Crippen LogP contribution in [0.1, 0.15) is 31.2 Å². The zero-order chi connectivity index (χ0) is 10.9. The van der Waals surface area contributed by atoms with Crippen LogP contribution < -0.4 is 11.5 Å². The Hall–Kier alpha value is -1.13. The Labute approximate surface area is 89.3 Å². The van der Waals surface area contributed by atoms with Crippen LogP contribution in [-0.4, -0.2) is 16.1 Å². The van der Waals surface area contributed by atoms with Gasteiger partial charge < -0.3 is 16.6 Å². The quantitative estimate of drug-likeness (QED) is 0.634. The molecule has 15 heavy (non-hydrogen) atoms. The van der Waals surface area contributed by atoms with E-state index in [0.29, 0.717) is 12.1 Å². The molecule has 2 unspecified atom stereocenters. The third-order valence-electron chi connectivity index (χ3n) is 3.12. The number of nitrogen functional groups attached to an aromatic ring is 1. The molecule has 1 fully saturated rings. The van der Waals surface area contributed by atoms with Gasteiger partial charge in [-0.15, -0.1) is 0 Å². The summed E-state index contributed by atoms with van der Waals surface area (Å²) < 4.78 is 0. The molecule has 1 aliphatic carbocycles. The fourth-order valence-corrected chi connectivity index (χ4v) is 2.33. The zero-order valence-corrected chi connectivity index (χ0v) is 8.69. The molecule has 0 saturated heterocycles. The van der Waals surface area contributed by atoms with Crippen LogP contribution >= 0.6 is 0 Å². The second-order valence-electron chi connectivity index (χ2n) is 4.35. The summed E-state index contributed by atoms with van der Waals surface area (Å²) in [4.78, 5) is 4.01. The van der Waals surface area contributed by atoms with Crippen molar-refractivity contribution in [2.24, 2.45) is 5.73 Å². The van der Waals surface area contributed by atoms with Gasteiger partial charge in [0.1, 0.15) is 0 Å². The van der Waals surface area contributed by atoms with Crippen LogP contribution in [0.3, 0.4) is 0 Å². The van der Waals surface area contributed by atoms with E-state index in [2.05, 4.69) is 4.98 Å². The number of rotatable bonds is 1. The highest BCUT2D eigenvalue weighted by atomic mass is 16.3. The number of aromatic nitrogens is 1. The van der Waals surface area contributed by atoms with Crippen molar-refractivity contribution in [2.45, 2.75) is 37.3 Å². The van der Waals surface area contributed by atoms with E-state index in [1.165, 1.54) is 0 Å². The monoisotopic (exact) mass is 207 g/mol. The first kappa shape index (κ1) is 10.4. The standard InChI is InChI=1S/C11H17N3O/c12-8-2-1-4-11(15,6-8)9-7-14-5-3-10(9)13/h3,5,7-8,15H,1-2,4,6,12H2,(H2,13,14). The van der Waals surface area contributed by atoms with Crippen LogP contribution in [0.4, 0.5) is 5.69 Å². The van der Waals surface area contributed by atoms with Gasteiger partial charge in [-0.05, 0) is 31.7 Å². The third kappa shape index (κ3) is 1.96. The molecule has 82 valence electrons. The zero-order valence-electron chi connectivity index (χ0n) is 8.69. The summed E-state index contributed by atoms with van der Waals surface area (Å²) in [5, 5.41) is 10.5. The second kappa shape index (κ2) is 3.79. The van der Waals surface area contributed by atoms with Crippen molar-refractivity contribution in [2.75, 3.05) is 5.73 Å². The minimum atomic E-state index is -0.879. The third-order valence-corrected chi connectivity index (χ3v) is 3.12. The SMILES string of the molecule is Nc1ccncc1C1(O)CCCC(N)C1. The van der Waals surface area contributed by atoms with Crippen LogP contribution in [0.2, 0.25) is 0 Å². The van der Waals surface area contributed by atoms with Crippen LogP contribution in [-0.2, 0) is 5.60 Å². The van der Waals surface area contributed by atoms with Crippen LogP contribution in [0, 0.1) is 0 Å². The number of anilines is 1. The molecule has 0 aliphatic heterocycles. The van der Waals surface area contributed by atoms with E-state index in [4.69, 9.17) is 11.5 Å². The second-order valence-corrected chi connectivity index (χ2v) is 4.35. The van der Waals surface area contributed by atoms with Crippen molar-refractivity contribution >= 4 is 5.69 Å². The molecule has 1 heterocycles. The molecule has 0 amide bonds. The molecule has 4 nitrogen and oxygen atoms in total. The summed E-state index contributed by atoms with van der Waals surface area (Å²) in [6.45, 7) is 0. The molecule has 4 heteroatoms. The molecule has 0 bridgehead atoms. The lowest BCUT2D eigenvalue weighted by molar-refractivity contribution is -0.00675. The molecule has 1 aliphatic rings. The van der Waals surface area contributed by atoms with E-state index in [1.54, 1.807) is 18.5 Å². The van der Waals surface area contributed by atoms with Crippen LogP contribution in [0.5, 0.6) is 0 Å². The number of aliphatic hydroxyl groups is 1. The van der Waals surface area contributed by atoms with Gasteiger partial charge >= 0.3 is 0 Å². The molecule has 1 aromatic heterocycles. The first-order chi connectivity index (χ1) is 7.12. The summed E-state index contributed by atoms with van der Waals surface area (Å²) in [5.74, 6) is 0. The molecular formula is C11H17N3O. The van der Waals surface area contributed by atoms with Gasteiger partial charge in [0.25, 0.3) is 0 Å². The maximum Gasteiger partial charge on any atom is 0.0946 e. The average Bonchev–Trinajstić information content (AvgIpc) is 2.17.